The fourth-order valence-corrected chi connectivity index (χ4v) is 1.58. The van der Waals surface area contributed by atoms with Crippen LogP contribution >= 0.6 is 0 Å². The normalized spacial score (nSPS) is 12.0. The van der Waals surface area contributed by atoms with Crippen molar-refractivity contribution in [3.8, 4) is 0 Å². The maximum Gasteiger partial charge on any atom is 0.272 e. The second kappa shape index (κ2) is 6.67. The zero-order valence-electron chi connectivity index (χ0n) is 11.2. The summed E-state index contributed by atoms with van der Waals surface area (Å²) in [7, 11) is 1.51. The molecule has 1 rings (SSSR count). The highest BCUT2D eigenvalue weighted by molar-refractivity contribution is 5.95. The number of nitrogens with zero attached hydrogens (tertiary/aromatic N) is 1. The van der Waals surface area contributed by atoms with Gasteiger partial charge in [-0.15, -0.1) is 0 Å². The Balaban J connectivity index is 2.78. The molecule has 1 aromatic rings. The number of aromatic amines is 1. The van der Waals surface area contributed by atoms with Crippen LogP contribution in [0.5, 0.6) is 0 Å². The molecule has 104 valence electrons. The van der Waals surface area contributed by atoms with E-state index in [2.05, 4.69) is 20.8 Å². The number of carbonyl (C=O) groups is 2. The lowest BCUT2D eigenvalue weighted by molar-refractivity contribution is -0.122. The predicted molar refractivity (Wildman–Crippen MR) is 69.6 cm³/mol. The number of H-pyrrole nitrogens is 1. The number of rotatable bonds is 5. The number of likely N-dealkylation sites (N-methyl/N-ethyl adjacent to an activating group) is 1. The van der Waals surface area contributed by atoms with Gasteiger partial charge >= 0.3 is 0 Å². The zero-order chi connectivity index (χ0) is 14.4. The molecule has 0 unspecified atom stereocenters. The molecular formula is C12H18N4O3. The highest BCUT2D eigenvalue weighted by atomic mass is 16.2. The molecule has 3 N–H and O–H groups in total. The minimum Gasteiger partial charge on any atom is -0.357 e. The third-order valence-corrected chi connectivity index (χ3v) is 2.49. The molecule has 7 nitrogen and oxygen atoms in total. The van der Waals surface area contributed by atoms with Crippen molar-refractivity contribution in [2.75, 3.05) is 7.05 Å². The van der Waals surface area contributed by atoms with Crippen molar-refractivity contribution in [2.24, 2.45) is 5.92 Å². The van der Waals surface area contributed by atoms with E-state index >= 15 is 0 Å². The van der Waals surface area contributed by atoms with E-state index in [0.717, 1.165) is 0 Å². The first kappa shape index (κ1) is 14.9. The lowest BCUT2D eigenvalue weighted by atomic mass is 10.0. The molecule has 7 heteroatoms. The SMILES string of the molecule is CNC(=O)[C@@H](CC(C)C)NC(=O)c1ccc(=O)[nH]n1. The van der Waals surface area contributed by atoms with Crippen LogP contribution < -0.4 is 16.2 Å². The average Bonchev–Trinajstić information content (AvgIpc) is 2.37. The molecule has 0 saturated heterocycles. The van der Waals surface area contributed by atoms with E-state index in [-0.39, 0.29) is 23.1 Å². The van der Waals surface area contributed by atoms with Crippen LogP contribution in [0.2, 0.25) is 0 Å². The summed E-state index contributed by atoms with van der Waals surface area (Å²) in [5.74, 6) is -0.497. The van der Waals surface area contributed by atoms with E-state index in [4.69, 9.17) is 0 Å². The summed E-state index contributed by atoms with van der Waals surface area (Å²) in [6.45, 7) is 3.92. The first-order valence-corrected chi connectivity index (χ1v) is 6.02. The second-order valence-electron chi connectivity index (χ2n) is 4.58. The van der Waals surface area contributed by atoms with Gasteiger partial charge in [0.15, 0.2) is 0 Å². The van der Waals surface area contributed by atoms with Gasteiger partial charge in [0, 0.05) is 13.1 Å². The van der Waals surface area contributed by atoms with Crippen molar-refractivity contribution in [3.05, 3.63) is 28.2 Å². The summed E-state index contributed by atoms with van der Waals surface area (Å²) in [5, 5.41) is 10.9. The molecule has 0 saturated carbocycles. The molecular weight excluding hydrogens is 248 g/mol. The monoisotopic (exact) mass is 266 g/mol. The Labute approximate surface area is 110 Å². The van der Waals surface area contributed by atoms with E-state index in [1.807, 2.05) is 13.8 Å². The molecule has 2 amide bonds. The summed E-state index contributed by atoms with van der Waals surface area (Å²) in [6, 6.07) is 1.90. The molecule has 1 aromatic heterocycles. The molecule has 0 aliphatic rings. The van der Waals surface area contributed by atoms with Gasteiger partial charge in [0.2, 0.25) is 5.91 Å². The van der Waals surface area contributed by atoms with E-state index < -0.39 is 11.9 Å². The van der Waals surface area contributed by atoms with Gasteiger partial charge < -0.3 is 10.6 Å². The minimum atomic E-state index is -0.619. The van der Waals surface area contributed by atoms with Crippen LogP contribution in [-0.2, 0) is 4.79 Å². The Morgan fingerprint density at radius 2 is 2.05 bits per heavy atom. The van der Waals surface area contributed by atoms with Gasteiger partial charge in [-0.3, -0.25) is 14.4 Å². The van der Waals surface area contributed by atoms with Crippen LogP contribution in [0.3, 0.4) is 0 Å². The van der Waals surface area contributed by atoms with Gasteiger partial charge in [-0.2, -0.15) is 5.10 Å². The Bertz CT molecular complexity index is 489. The average molecular weight is 266 g/mol. The maximum absolute atomic E-state index is 11.9. The number of amides is 2. The van der Waals surface area contributed by atoms with E-state index in [9.17, 15) is 14.4 Å². The largest absolute Gasteiger partial charge is 0.357 e. The van der Waals surface area contributed by atoms with Gasteiger partial charge in [0.05, 0.1) is 0 Å². The molecule has 19 heavy (non-hydrogen) atoms. The highest BCUT2D eigenvalue weighted by Gasteiger charge is 2.21. The van der Waals surface area contributed by atoms with Gasteiger partial charge in [0.25, 0.3) is 11.5 Å². The van der Waals surface area contributed by atoms with Crippen LogP contribution in [-0.4, -0.2) is 35.1 Å². The topological polar surface area (TPSA) is 104 Å². The van der Waals surface area contributed by atoms with Crippen molar-refractivity contribution in [1.82, 2.24) is 20.8 Å². The van der Waals surface area contributed by atoms with Crippen molar-refractivity contribution in [1.29, 1.82) is 0 Å². The number of hydrogen-bond donors (Lipinski definition) is 3. The third-order valence-electron chi connectivity index (χ3n) is 2.49. The fourth-order valence-electron chi connectivity index (χ4n) is 1.58. The fraction of sp³-hybridized carbons (Fsp3) is 0.500. The summed E-state index contributed by atoms with van der Waals surface area (Å²) in [5.41, 5.74) is -0.321. The number of hydrogen-bond acceptors (Lipinski definition) is 4. The van der Waals surface area contributed by atoms with Crippen LogP contribution in [0.15, 0.2) is 16.9 Å². The molecule has 1 heterocycles. The molecule has 0 aliphatic carbocycles. The van der Waals surface area contributed by atoms with Gasteiger partial charge in [-0.1, -0.05) is 13.8 Å². The van der Waals surface area contributed by atoms with Crippen LogP contribution in [0.4, 0.5) is 0 Å². The Hall–Kier alpha value is -2.18. The number of nitrogens with one attached hydrogen (secondary N) is 3. The van der Waals surface area contributed by atoms with Gasteiger partial charge in [-0.05, 0) is 18.4 Å². The second-order valence-corrected chi connectivity index (χ2v) is 4.58. The van der Waals surface area contributed by atoms with Crippen molar-refractivity contribution in [3.63, 3.8) is 0 Å². The molecule has 1 atom stereocenters. The standard InChI is InChI=1S/C12H18N4O3/c1-7(2)6-9(11(18)13-3)14-12(19)8-4-5-10(17)16-15-8/h4-5,7,9H,6H2,1-3H3,(H,13,18)(H,14,19)(H,16,17)/t9-/m1/s1. The summed E-state index contributed by atoms with van der Waals surface area (Å²) in [6.07, 6.45) is 0.523. The van der Waals surface area contributed by atoms with Crippen LogP contribution in [0.25, 0.3) is 0 Å². The first-order chi connectivity index (χ1) is 8.93. The third kappa shape index (κ3) is 4.53. The molecule has 0 radical (unpaired) electrons. The number of carbonyl (C=O) groups excluding carboxylic acids is 2. The predicted octanol–water partition coefficient (Wildman–Crippen LogP) is -0.340. The Kier molecular flexibility index (Phi) is 5.23. The van der Waals surface area contributed by atoms with E-state index in [0.29, 0.717) is 6.42 Å². The Morgan fingerprint density at radius 1 is 1.37 bits per heavy atom. The maximum atomic E-state index is 11.9. The van der Waals surface area contributed by atoms with Crippen molar-refractivity contribution < 1.29 is 9.59 Å². The van der Waals surface area contributed by atoms with Gasteiger partial charge in [-0.25, -0.2) is 5.10 Å². The van der Waals surface area contributed by atoms with E-state index in [1.165, 1.54) is 19.2 Å². The molecule has 0 aliphatic heterocycles. The van der Waals surface area contributed by atoms with E-state index in [1.54, 1.807) is 0 Å². The molecule has 0 bridgehead atoms. The number of aromatic nitrogens is 2. The lowest BCUT2D eigenvalue weighted by Crippen LogP contribution is -2.46. The smallest absolute Gasteiger partial charge is 0.272 e. The van der Waals surface area contributed by atoms with Crippen molar-refractivity contribution >= 4 is 11.8 Å². The summed E-state index contributed by atoms with van der Waals surface area (Å²) in [4.78, 5) is 34.4. The zero-order valence-corrected chi connectivity index (χ0v) is 11.2. The quantitative estimate of drug-likeness (QED) is 0.678. The highest BCUT2D eigenvalue weighted by Crippen LogP contribution is 2.05. The van der Waals surface area contributed by atoms with Gasteiger partial charge in [0.1, 0.15) is 11.7 Å². The molecule has 0 spiro atoms. The van der Waals surface area contributed by atoms with Crippen LogP contribution in [0.1, 0.15) is 30.8 Å². The summed E-state index contributed by atoms with van der Waals surface area (Å²) < 4.78 is 0. The molecule has 0 aromatic carbocycles. The summed E-state index contributed by atoms with van der Waals surface area (Å²) >= 11 is 0. The van der Waals surface area contributed by atoms with Crippen LogP contribution in [0, 0.1) is 5.92 Å². The first-order valence-electron chi connectivity index (χ1n) is 6.02. The Morgan fingerprint density at radius 3 is 2.53 bits per heavy atom. The lowest BCUT2D eigenvalue weighted by Gasteiger charge is -2.18. The minimum absolute atomic E-state index is 0.0669. The van der Waals surface area contributed by atoms with Crippen molar-refractivity contribution in [2.45, 2.75) is 26.3 Å². The molecule has 0 fully saturated rings.